The second-order valence-corrected chi connectivity index (χ2v) is 4.13. The molecule has 1 N–H and O–H groups in total. The predicted octanol–water partition coefficient (Wildman–Crippen LogP) is 3.60. The summed E-state index contributed by atoms with van der Waals surface area (Å²) in [5, 5.41) is 3.24. The molecule has 1 nitrogen and oxygen atoms in total. The molecule has 0 aliphatic carbocycles. The smallest absolute Gasteiger partial charge is 0.137 e. The highest BCUT2D eigenvalue weighted by Gasteiger charge is 1.97. The van der Waals surface area contributed by atoms with Gasteiger partial charge in [0.25, 0.3) is 0 Å². The Morgan fingerprint density at radius 1 is 1.47 bits per heavy atom. The van der Waals surface area contributed by atoms with Crippen LogP contribution in [0.15, 0.2) is 28.7 Å². The second kappa shape index (κ2) is 6.75. The molecule has 0 aliphatic rings. The molecule has 0 heterocycles. The minimum absolute atomic E-state index is 0.223. The molecule has 82 valence electrons. The molecule has 0 bridgehead atoms. The molecule has 0 radical (unpaired) electrons. The summed E-state index contributed by atoms with van der Waals surface area (Å²) in [6.45, 7) is 3.96. The lowest BCUT2D eigenvalue weighted by molar-refractivity contribution is 0.621. The van der Waals surface area contributed by atoms with Crippen LogP contribution in [0.4, 0.5) is 4.39 Å². The van der Waals surface area contributed by atoms with E-state index in [1.807, 2.05) is 18.2 Å². The topological polar surface area (TPSA) is 12.0 Å². The van der Waals surface area contributed by atoms with E-state index in [-0.39, 0.29) is 5.82 Å². The maximum absolute atomic E-state index is 13.1. The number of rotatable bonds is 5. The zero-order valence-electron chi connectivity index (χ0n) is 8.76. The Labute approximate surface area is 98.5 Å². The minimum Gasteiger partial charge on any atom is -0.313 e. The highest BCUT2D eigenvalue weighted by molar-refractivity contribution is 9.10. The van der Waals surface area contributed by atoms with Crippen molar-refractivity contribution in [3.63, 3.8) is 0 Å². The monoisotopic (exact) mass is 271 g/mol. The molecule has 15 heavy (non-hydrogen) atoms. The maximum atomic E-state index is 13.1. The van der Waals surface area contributed by atoms with Crippen LogP contribution in [-0.4, -0.2) is 13.1 Å². The summed E-state index contributed by atoms with van der Waals surface area (Å²) in [6, 6.07) is 5.11. The largest absolute Gasteiger partial charge is 0.313 e. The second-order valence-electron chi connectivity index (χ2n) is 3.28. The number of halogens is 2. The molecule has 0 aromatic heterocycles. The van der Waals surface area contributed by atoms with Gasteiger partial charge in [0, 0.05) is 6.54 Å². The molecular weight excluding hydrogens is 257 g/mol. The molecule has 0 unspecified atom stereocenters. The van der Waals surface area contributed by atoms with E-state index in [0.29, 0.717) is 4.47 Å². The molecule has 1 rings (SSSR count). The molecule has 0 spiro atoms. The van der Waals surface area contributed by atoms with Crippen LogP contribution in [0.1, 0.15) is 18.9 Å². The standard InChI is InChI=1S/C12H15BrFN/c1-2-7-15-8-3-4-10-5-6-11(13)12(14)9-10/h3-6,9,15H,2,7-8H2,1H3/b4-3+. The molecule has 1 aromatic rings. The Balaban J connectivity index is 2.46. The van der Waals surface area contributed by atoms with Crippen molar-refractivity contribution >= 4 is 22.0 Å². The van der Waals surface area contributed by atoms with Crippen molar-refractivity contribution in [3.05, 3.63) is 40.1 Å². The van der Waals surface area contributed by atoms with Gasteiger partial charge in [-0.1, -0.05) is 25.1 Å². The molecule has 0 amide bonds. The molecule has 3 heteroatoms. The summed E-state index contributed by atoms with van der Waals surface area (Å²) in [6.07, 6.45) is 5.04. The van der Waals surface area contributed by atoms with Crippen molar-refractivity contribution in [3.8, 4) is 0 Å². The van der Waals surface area contributed by atoms with Crippen molar-refractivity contribution in [1.29, 1.82) is 0 Å². The normalized spacial score (nSPS) is 11.1. The van der Waals surface area contributed by atoms with Gasteiger partial charge < -0.3 is 5.32 Å². The summed E-state index contributed by atoms with van der Waals surface area (Å²) < 4.78 is 13.6. The summed E-state index contributed by atoms with van der Waals surface area (Å²) in [5.74, 6) is -0.223. The van der Waals surface area contributed by atoms with E-state index in [1.54, 1.807) is 6.07 Å². The Kier molecular flexibility index (Phi) is 5.58. The first-order valence-electron chi connectivity index (χ1n) is 5.06. The first-order chi connectivity index (χ1) is 7.24. The van der Waals surface area contributed by atoms with E-state index in [2.05, 4.69) is 28.2 Å². The zero-order valence-corrected chi connectivity index (χ0v) is 10.3. The van der Waals surface area contributed by atoms with E-state index in [0.717, 1.165) is 25.1 Å². The molecule has 1 aromatic carbocycles. The van der Waals surface area contributed by atoms with E-state index >= 15 is 0 Å². The Hall–Kier alpha value is -0.670. The molecule has 0 saturated heterocycles. The van der Waals surface area contributed by atoms with Crippen LogP contribution in [0, 0.1) is 5.82 Å². The quantitative estimate of drug-likeness (QED) is 0.807. The van der Waals surface area contributed by atoms with Crippen LogP contribution in [0.25, 0.3) is 6.08 Å². The maximum Gasteiger partial charge on any atom is 0.137 e. The molecule has 0 saturated carbocycles. The lowest BCUT2D eigenvalue weighted by Crippen LogP contribution is -2.13. The average molecular weight is 272 g/mol. The van der Waals surface area contributed by atoms with E-state index in [1.165, 1.54) is 6.07 Å². The lowest BCUT2D eigenvalue weighted by atomic mass is 10.2. The van der Waals surface area contributed by atoms with Crippen LogP contribution in [-0.2, 0) is 0 Å². The number of hydrogen-bond acceptors (Lipinski definition) is 1. The van der Waals surface area contributed by atoms with Crippen LogP contribution >= 0.6 is 15.9 Å². The van der Waals surface area contributed by atoms with E-state index < -0.39 is 0 Å². The molecule has 0 fully saturated rings. The summed E-state index contributed by atoms with van der Waals surface area (Å²) in [7, 11) is 0. The summed E-state index contributed by atoms with van der Waals surface area (Å²) >= 11 is 3.12. The number of benzene rings is 1. The molecular formula is C12H15BrFN. The van der Waals surface area contributed by atoms with Crippen LogP contribution in [0.3, 0.4) is 0 Å². The van der Waals surface area contributed by atoms with Gasteiger partial charge in [-0.3, -0.25) is 0 Å². The fourth-order valence-corrected chi connectivity index (χ4v) is 1.42. The number of nitrogens with one attached hydrogen (secondary N) is 1. The minimum atomic E-state index is -0.223. The van der Waals surface area contributed by atoms with Gasteiger partial charge in [0.1, 0.15) is 5.82 Å². The van der Waals surface area contributed by atoms with Gasteiger partial charge in [-0.15, -0.1) is 0 Å². The van der Waals surface area contributed by atoms with Crippen LogP contribution in [0.5, 0.6) is 0 Å². The van der Waals surface area contributed by atoms with Gasteiger partial charge in [0.05, 0.1) is 4.47 Å². The van der Waals surface area contributed by atoms with Gasteiger partial charge in [0.2, 0.25) is 0 Å². The Morgan fingerprint density at radius 3 is 2.93 bits per heavy atom. The first kappa shape index (κ1) is 12.4. The third-order valence-corrected chi connectivity index (χ3v) is 2.59. The van der Waals surface area contributed by atoms with Gasteiger partial charge in [-0.2, -0.15) is 0 Å². The van der Waals surface area contributed by atoms with E-state index in [9.17, 15) is 4.39 Å². The summed E-state index contributed by atoms with van der Waals surface area (Å²) in [5.41, 5.74) is 0.883. The summed E-state index contributed by atoms with van der Waals surface area (Å²) in [4.78, 5) is 0. The molecule has 0 aliphatic heterocycles. The van der Waals surface area contributed by atoms with E-state index in [4.69, 9.17) is 0 Å². The Bertz CT molecular complexity index is 336. The van der Waals surface area contributed by atoms with Crippen molar-refractivity contribution in [1.82, 2.24) is 5.32 Å². The average Bonchev–Trinajstić information content (AvgIpc) is 2.23. The third-order valence-electron chi connectivity index (χ3n) is 1.94. The lowest BCUT2D eigenvalue weighted by Gasteiger charge is -1.98. The van der Waals surface area contributed by atoms with Crippen LogP contribution in [0.2, 0.25) is 0 Å². The van der Waals surface area contributed by atoms with Crippen molar-refractivity contribution in [2.45, 2.75) is 13.3 Å². The zero-order chi connectivity index (χ0) is 11.1. The van der Waals surface area contributed by atoms with Crippen molar-refractivity contribution < 1.29 is 4.39 Å². The van der Waals surface area contributed by atoms with Crippen molar-refractivity contribution in [2.75, 3.05) is 13.1 Å². The predicted molar refractivity (Wildman–Crippen MR) is 66.3 cm³/mol. The van der Waals surface area contributed by atoms with Crippen LogP contribution < -0.4 is 5.32 Å². The fourth-order valence-electron chi connectivity index (χ4n) is 1.17. The SMILES string of the molecule is CCCNC/C=C/c1ccc(Br)c(F)c1. The fraction of sp³-hybridized carbons (Fsp3) is 0.333. The van der Waals surface area contributed by atoms with Gasteiger partial charge >= 0.3 is 0 Å². The Morgan fingerprint density at radius 2 is 2.27 bits per heavy atom. The third kappa shape index (κ3) is 4.58. The van der Waals surface area contributed by atoms with Gasteiger partial charge in [-0.25, -0.2) is 4.39 Å². The number of hydrogen-bond donors (Lipinski definition) is 1. The van der Waals surface area contributed by atoms with Crippen molar-refractivity contribution in [2.24, 2.45) is 0 Å². The first-order valence-corrected chi connectivity index (χ1v) is 5.85. The highest BCUT2D eigenvalue weighted by atomic mass is 79.9. The van der Waals surface area contributed by atoms with Gasteiger partial charge in [0.15, 0.2) is 0 Å². The molecule has 0 atom stereocenters. The van der Waals surface area contributed by atoms with Gasteiger partial charge in [-0.05, 0) is 46.6 Å². The highest BCUT2D eigenvalue weighted by Crippen LogP contribution is 2.16.